The maximum absolute atomic E-state index is 11.7. The highest BCUT2D eigenvalue weighted by atomic mass is 16.4. The number of hydrogen-bond acceptors (Lipinski definition) is 3. The lowest BCUT2D eigenvalue weighted by Crippen LogP contribution is -2.49. The molecule has 0 aromatic rings. The van der Waals surface area contributed by atoms with Gasteiger partial charge in [0.2, 0.25) is 0 Å². The first-order chi connectivity index (χ1) is 9.38. The highest BCUT2D eigenvalue weighted by Crippen LogP contribution is 2.23. The largest absolute Gasteiger partial charge is 0.481 e. The van der Waals surface area contributed by atoms with Crippen molar-refractivity contribution in [2.75, 3.05) is 0 Å². The van der Waals surface area contributed by atoms with E-state index < -0.39 is 24.0 Å². The number of aliphatic carboxylic acids is 2. The summed E-state index contributed by atoms with van der Waals surface area (Å²) in [6, 6.07) is -1.64. The Balaban J connectivity index is 2.37. The molecule has 20 heavy (non-hydrogen) atoms. The van der Waals surface area contributed by atoms with Crippen molar-refractivity contribution in [3.05, 3.63) is 0 Å². The highest BCUT2D eigenvalue weighted by Gasteiger charge is 2.24. The molecule has 1 rings (SSSR count). The fraction of sp³-hybridized carbons (Fsp3) is 0.769. The molecule has 4 N–H and O–H groups in total. The number of carbonyl (C=O) groups is 3. The lowest BCUT2D eigenvalue weighted by atomic mass is 9.87. The summed E-state index contributed by atoms with van der Waals surface area (Å²) in [5.74, 6) is -1.64. The van der Waals surface area contributed by atoms with Crippen molar-refractivity contribution >= 4 is 18.0 Å². The number of carboxylic acids is 2. The van der Waals surface area contributed by atoms with Crippen LogP contribution in [0.5, 0.6) is 0 Å². The number of nitrogens with one attached hydrogen (secondary N) is 2. The van der Waals surface area contributed by atoms with Crippen molar-refractivity contribution in [2.24, 2.45) is 5.92 Å². The van der Waals surface area contributed by atoms with Crippen molar-refractivity contribution in [1.29, 1.82) is 0 Å². The molecule has 1 saturated carbocycles. The summed E-state index contributed by atoms with van der Waals surface area (Å²) in [5, 5.41) is 22.6. The Morgan fingerprint density at radius 1 is 1.15 bits per heavy atom. The molecule has 0 radical (unpaired) electrons. The molecule has 0 bridgehead atoms. The summed E-state index contributed by atoms with van der Waals surface area (Å²) >= 11 is 0. The van der Waals surface area contributed by atoms with Gasteiger partial charge in [0.05, 0.1) is 0 Å². The van der Waals surface area contributed by atoms with Crippen LogP contribution in [0, 0.1) is 5.92 Å². The van der Waals surface area contributed by atoms with Gasteiger partial charge in [-0.3, -0.25) is 4.79 Å². The van der Waals surface area contributed by atoms with E-state index in [1.165, 1.54) is 0 Å². The first-order valence-electron chi connectivity index (χ1n) is 6.90. The van der Waals surface area contributed by atoms with Gasteiger partial charge in [0.15, 0.2) is 0 Å². The van der Waals surface area contributed by atoms with E-state index in [1.54, 1.807) is 0 Å². The third-order valence-electron chi connectivity index (χ3n) is 3.60. The number of amides is 2. The quantitative estimate of drug-likeness (QED) is 0.585. The molecule has 7 nitrogen and oxygen atoms in total. The molecule has 1 aliphatic carbocycles. The van der Waals surface area contributed by atoms with Gasteiger partial charge in [0, 0.05) is 12.5 Å². The van der Waals surface area contributed by atoms with Crippen molar-refractivity contribution in [1.82, 2.24) is 10.6 Å². The first-order valence-corrected chi connectivity index (χ1v) is 6.90. The van der Waals surface area contributed by atoms with Gasteiger partial charge in [0.1, 0.15) is 6.04 Å². The molecule has 0 aromatic carbocycles. The van der Waals surface area contributed by atoms with Crippen LogP contribution in [0.4, 0.5) is 4.79 Å². The SMILES string of the molecule is CC1CCC(NC(=O)N[C@@H](CCC(=O)O)C(=O)O)CC1. The first kappa shape index (κ1) is 16.3. The molecule has 1 atom stereocenters. The molecule has 1 aliphatic rings. The van der Waals surface area contributed by atoms with Crippen LogP contribution >= 0.6 is 0 Å². The van der Waals surface area contributed by atoms with Gasteiger partial charge in [-0.25, -0.2) is 9.59 Å². The van der Waals surface area contributed by atoms with Crippen LogP contribution in [0.25, 0.3) is 0 Å². The molecule has 0 aliphatic heterocycles. The van der Waals surface area contributed by atoms with Crippen molar-refractivity contribution in [3.63, 3.8) is 0 Å². The third kappa shape index (κ3) is 5.90. The third-order valence-corrected chi connectivity index (χ3v) is 3.60. The molecule has 2 amide bonds. The Morgan fingerprint density at radius 2 is 1.75 bits per heavy atom. The van der Waals surface area contributed by atoms with Gasteiger partial charge in [-0.15, -0.1) is 0 Å². The molecular weight excluding hydrogens is 264 g/mol. The van der Waals surface area contributed by atoms with Crippen LogP contribution in [0.1, 0.15) is 45.4 Å². The zero-order chi connectivity index (χ0) is 15.1. The lowest BCUT2D eigenvalue weighted by Gasteiger charge is -2.27. The molecule has 1 fully saturated rings. The van der Waals surface area contributed by atoms with E-state index in [0.717, 1.165) is 25.7 Å². The minimum Gasteiger partial charge on any atom is -0.481 e. The second kappa shape index (κ2) is 7.72. The average Bonchev–Trinajstić information content (AvgIpc) is 2.36. The Labute approximate surface area is 117 Å². The standard InChI is InChI=1S/C13H22N2O5/c1-8-2-4-9(5-3-8)14-13(20)15-10(12(18)19)6-7-11(16)17/h8-10H,2-7H2,1H3,(H,16,17)(H,18,19)(H2,14,15,20)/t8?,9?,10-/m0/s1. The van der Waals surface area contributed by atoms with Gasteiger partial charge >= 0.3 is 18.0 Å². The molecule has 0 saturated heterocycles. The normalized spacial score (nSPS) is 23.6. The lowest BCUT2D eigenvalue weighted by molar-refractivity contribution is -0.140. The summed E-state index contributed by atoms with van der Waals surface area (Å²) < 4.78 is 0. The van der Waals surface area contributed by atoms with Gasteiger partial charge < -0.3 is 20.8 Å². The molecule has 0 spiro atoms. The Hall–Kier alpha value is -1.79. The summed E-state index contributed by atoms with van der Waals surface area (Å²) in [4.78, 5) is 33.1. The van der Waals surface area contributed by atoms with Gasteiger partial charge in [-0.1, -0.05) is 6.92 Å². The zero-order valence-corrected chi connectivity index (χ0v) is 11.6. The fourth-order valence-electron chi connectivity index (χ4n) is 2.31. The van der Waals surface area contributed by atoms with Crippen molar-refractivity contribution < 1.29 is 24.6 Å². The molecule has 114 valence electrons. The van der Waals surface area contributed by atoms with E-state index in [0.29, 0.717) is 5.92 Å². The molecule has 0 aromatic heterocycles. The van der Waals surface area contributed by atoms with Crippen LogP contribution < -0.4 is 10.6 Å². The number of carbonyl (C=O) groups excluding carboxylic acids is 1. The fourth-order valence-corrected chi connectivity index (χ4v) is 2.31. The topological polar surface area (TPSA) is 116 Å². The summed E-state index contributed by atoms with van der Waals surface area (Å²) in [5.41, 5.74) is 0. The van der Waals surface area contributed by atoms with Crippen LogP contribution in [0.3, 0.4) is 0 Å². The van der Waals surface area contributed by atoms with Crippen LogP contribution in [-0.2, 0) is 9.59 Å². The number of rotatable bonds is 6. The molecule has 7 heteroatoms. The predicted octanol–water partition coefficient (Wildman–Crippen LogP) is 1.18. The van der Waals surface area contributed by atoms with E-state index >= 15 is 0 Å². The Kier molecular flexibility index (Phi) is 6.27. The van der Waals surface area contributed by atoms with Gasteiger partial charge in [0.25, 0.3) is 0 Å². The maximum atomic E-state index is 11.7. The second-order valence-electron chi connectivity index (χ2n) is 5.40. The number of carboxylic acid groups (broad SMARTS) is 2. The molecule has 0 unspecified atom stereocenters. The minimum atomic E-state index is -1.22. The van der Waals surface area contributed by atoms with E-state index in [2.05, 4.69) is 17.6 Å². The van der Waals surface area contributed by atoms with Crippen LogP contribution in [0.15, 0.2) is 0 Å². The monoisotopic (exact) mass is 286 g/mol. The summed E-state index contributed by atoms with van der Waals surface area (Å²) in [7, 11) is 0. The van der Waals surface area contributed by atoms with E-state index in [9.17, 15) is 14.4 Å². The maximum Gasteiger partial charge on any atom is 0.326 e. The summed E-state index contributed by atoms with van der Waals surface area (Å²) in [6.45, 7) is 2.17. The average molecular weight is 286 g/mol. The van der Waals surface area contributed by atoms with Gasteiger partial charge in [-0.2, -0.15) is 0 Å². The predicted molar refractivity (Wildman–Crippen MR) is 71.4 cm³/mol. The van der Waals surface area contributed by atoms with E-state index in [4.69, 9.17) is 10.2 Å². The van der Waals surface area contributed by atoms with Crippen LogP contribution in [0.2, 0.25) is 0 Å². The zero-order valence-electron chi connectivity index (χ0n) is 11.6. The second-order valence-corrected chi connectivity index (χ2v) is 5.40. The minimum absolute atomic E-state index is 0.0696. The highest BCUT2D eigenvalue weighted by molar-refractivity contribution is 5.83. The van der Waals surface area contributed by atoms with Crippen molar-refractivity contribution in [3.8, 4) is 0 Å². The van der Waals surface area contributed by atoms with Gasteiger partial charge in [-0.05, 0) is 38.0 Å². The molecular formula is C13H22N2O5. The smallest absolute Gasteiger partial charge is 0.326 e. The Morgan fingerprint density at radius 3 is 2.25 bits per heavy atom. The molecule has 0 heterocycles. The van der Waals surface area contributed by atoms with Crippen LogP contribution in [-0.4, -0.2) is 40.3 Å². The number of hydrogen-bond donors (Lipinski definition) is 4. The number of urea groups is 1. The van der Waals surface area contributed by atoms with Crippen molar-refractivity contribution in [2.45, 2.75) is 57.5 Å². The summed E-state index contributed by atoms with van der Waals surface area (Å²) in [6.07, 6.45) is 3.46. The Bertz CT molecular complexity index is 364. The van der Waals surface area contributed by atoms with E-state index in [-0.39, 0.29) is 18.9 Å². The van der Waals surface area contributed by atoms with E-state index in [1.807, 2.05) is 0 Å².